The maximum absolute atomic E-state index is 14.1. The number of H-pyrrole nitrogens is 2. The van der Waals surface area contributed by atoms with Gasteiger partial charge in [-0.05, 0) is 52.4 Å². The van der Waals surface area contributed by atoms with Gasteiger partial charge in [-0.25, -0.2) is 4.39 Å². The summed E-state index contributed by atoms with van der Waals surface area (Å²) in [7, 11) is 0. The van der Waals surface area contributed by atoms with Crippen LogP contribution in [-0.4, -0.2) is 20.2 Å². The number of rotatable bonds is 1. The molecule has 27 heavy (non-hydrogen) atoms. The van der Waals surface area contributed by atoms with Crippen LogP contribution in [0.25, 0.3) is 43.8 Å². The lowest BCUT2D eigenvalue weighted by atomic mass is 9.95. The molecule has 0 atom stereocenters. The number of nitrogens with two attached hydrogens (primary N) is 1. The first kappa shape index (κ1) is 16.2. The van der Waals surface area contributed by atoms with Gasteiger partial charge in [0.15, 0.2) is 0 Å². The minimum Gasteiger partial charge on any atom is -0.394 e. The number of fused-ring (bicyclic) bond motifs is 4. The highest BCUT2D eigenvalue weighted by atomic mass is 127. The first-order valence-electron chi connectivity index (χ1n) is 8.07. The molecular formula is C19H11FIN5O. The second kappa shape index (κ2) is 5.74. The topological polar surface area (TPSA) is 100 Å². The summed E-state index contributed by atoms with van der Waals surface area (Å²) in [6.07, 6.45) is 3.25. The van der Waals surface area contributed by atoms with Crippen LogP contribution in [0.3, 0.4) is 0 Å². The number of anilines is 1. The number of nitrogen functional groups attached to an aromatic ring is 1. The molecule has 0 aliphatic heterocycles. The molecule has 6 nitrogen and oxygen atoms in total. The lowest BCUT2D eigenvalue weighted by molar-refractivity contribution is 0.636. The summed E-state index contributed by atoms with van der Waals surface area (Å²) in [6, 6.07) is 8.62. The Morgan fingerprint density at radius 2 is 1.96 bits per heavy atom. The smallest absolute Gasteiger partial charge is 0.272 e. The Hall–Kier alpha value is -3.01. The predicted molar refractivity (Wildman–Crippen MR) is 112 cm³/mol. The number of nitrogens with one attached hydrogen (secondary N) is 2. The third-order valence-corrected chi connectivity index (χ3v) is 5.52. The van der Waals surface area contributed by atoms with E-state index in [4.69, 9.17) is 5.73 Å². The van der Waals surface area contributed by atoms with E-state index in [9.17, 15) is 9.18 Å². The number of benzene rings is 2. The van der Waals surface area contributed by atoms with Crippen LogP contribution in [0.15, 0.2) is 47.5 Å². The third kappa shape index (κ3) is 2.26. The van der Waals surface area contributed by atoms with E-state index < -0.39 is 11.4 Å². The van der Waals surface area contributed by atoms with Gasteiger partial charge in [0.1, 0.15) is 17.0 Å². The highest BCUT2D eigenvalue weighted by molar-refractivity contribution is 14.1. The fourth-order valence-corrected chi connectivity index (χ4v) is 4.23. The molecule has 0 bridgehead atoms. The molecule has 0 aliphatic rings. The van der Waals surface area contributed by atoms with Crippen LogP contribution < -0.4 is 11.3 Å². The summed E-state index contributed by atoms with van der Waals surface area (Å²) in [4.78, 5) is 19.9. The molecule has 0 unspecified atom stereocenters. The molecule has 8 heteroatoms. The van der Waals surface area contributed by atoms with Crippen LogP contribution in [0.2, 0.25) is 0 Å². The van der Waals surface area contributed by atoms with E-state index in [0.717, 1.165) is 19.9 Å². The molecule has 4 N–H and O–H groups in total. The van der Waals surface area contributed by atoms with Gasteiger partial charge in [0.2, 0.25) is 0 Å². The fourth-order valence-electron chi connectivity index (χ4n) is 3.49. The van der Waals surface area contributed by atoms with Gasteiger partial charge in [-0.2, -0.15) is 5.10 Å². The summed E-state index contributed by atoms with van der Waals surface area (Å²) in [5.74, 6) is -0.414. The second-order valence-corrected chi connectivity index (χ2v) is 7.34. The van der Waals surface area contributed by atoms with Crippen molar-refractivity contribution in [2.45, 2.75) is 0 Å². The van der Waals surface area contributed by atoms with Gasteiger partial charge in [0, 0.05) is 31.5 Å². The zero-order chi connectivity index (χ0) is 18.7. The minimum absolute atomic E-state index is 0.0793. The number of nitrogens with zero attached hydrogens (tertiary/aromatic N) is 2. The number of hydrogen-bond donors (Lipinski definition) is 3. The van der Waals surface area contributed by atoms with Gasteiger partial charge in [0.25, 0.3) is 5.56 Å². The first-order valence-corrected chi connectivity index (χ1v) is 9.15. The largest absolute Gasteiger partial charge is 0.394 e. The summed E-state index contributed by atoms with van der Waals surface area (Å²) in [5, 5.41) is 8.76. The Kier molecular flexibility index (Phi) is 3.44. The van der Waals surface area contributed by atoms with E-state index in [2.05, 4.69) is 42.8 Å². The van der Waals surface area contributed by atoms with E-state index in [1.165, 1.54) is 12.3 Å². The van der Waals surface area contributed by atoms with Gasteiger partial charge in [-0.1, -0.05) is 6.07 Å². The van der Waals surface area contributed by atoms with E-state index in [0.29, 0.717) is 22.0 Å². The summed E-state index contributed by atoms with van der Waals surface area (Å²) >= 11 is 2.21. The molecule has 132 valence electrons. The molecule has 3 heterocycles. The van der Waals surface area contributed by atoms with Gasteiger partial charge >= 0.3 is 0 Å². The molecule has 2 aromatic carbocycles. The Morgan fingerprint density at radius 3 is 2.81 bits per heavy atom. The second-order valence-electron chi connectivity index (χ2n) is 6.18. The van der Waals surface area contributed by atoms with Crippen molar-refractivity contribution in [1.82, 2.24) is 20.2 Å². The predicted octanol–water partition coefficient (Wildman–Crippen LogP) is 3.95. The maximum atomic E-state index is 14.1. The highest BCUT2D eigenvalue weighted by Gasteiger charge is 2.19. The van der Waals surface area contributed by atoms with Crippen LogP contribution in [0, 0.1) is 9.39 Å². The van der Waals surface area contributed by atoms with Crippen molar-refractivity contribution in [3.05, 3.63) is 62.5 Å². The maximum Gasteiger partial charge on any atom is 0.272 e. The van der Waals surface area contributed by atoms with E-state index in [1.54, 1.807) is 12.3 Å². The number of hydrogen-bond acceptors (Lipinski definition) is 4. The molecule has 0 saturated carbocycles. The molecule has 0 amide bonds. The number of aromatic nitrogens is 4. The molecule has 5 aromatic rings. The van der Waals surface area contributed by atoms with Gasteiger partial charge in [-0.3, -0.25) is 14.9 Å². The molecule has 0 aliphatic carbocycles. The lowest BCUT2D eigenvalue weighted by Crippen LogP contribution is -2.14. The SMILES string of the molecule is Nc1c(-c2ccc(F)c3[nH]ncc23)c2cc(I)c3ncccc3c2[nH]c1=O. The quantitative estimate of drug-likeness (QED) is 0.255. The van der Waals surface area contributed by atoms with Crippen molar-refractivity contribution in [2.24, 2.45) is 0 Å². The lowest BCUT2D eigenvalue weighted by Gasteiger charge is -2.13. The average molecular weight is 471 g/mol. The van der Waals surface area contributed by atoms with Crippen molar-refractivity contribution in [3.8, 4) is 11.1 Å². The van der Waals surface area contributed by atoms with Crippen LogP contribution in [-0.2, 0) is 0 Å². The van der Waals surface area contributed by atoms with Gasteiger partial charge in [-0.15, -0.1) is 0 Å². The van der Waals surface area contributed by atoms with Crippen molar-refractivity contribution < 1.29 is 4.39 Å². The molecule has 0 fully saturated rings. The summed E-state index contributed by atoms with van der Waals surface area (Å²) in [5.41, 5.74) is 8.79. The van der Waals surface area contributed by atoms with E-state index in [1.807, 2.05) is 18.2 Å². The van der Waals surface area contributed by atoms with Crippen molar-refractivity contribution in [3.63, 3.8) is 0 Å². The number of pyridine rings is 2. The normalized spacial score (nSPS) is 11.6. The zero-order valence-electron chi connectivity index (χ0n) is 13.7. The Balaban J connectivity index is 2.03. The van der Waals surface area contributed by atoms with Gasteiger partial charge < -0.3 is 10.7 Å². The standard InChI is InChI=1S/C19H11FIN5O/c20-12-4-3-8(11-7-24-26-17(11)12)14-10-6-13(21)18-9(2-1-5-23-18)16(10)25-19(27)15(14)22/h1-7H,22H2,(H,24,26)(H,25,27). The Morgan fingerprint density at radius 1 is 1.11 bits per heavy atom. The minimum atomic E-state index is -0.414. The van der Waals surface area contributed by atoms with E-state index >= 15 is 0 Å². The van der Waals surface area contributed by atoms with Gasteiger partial charge in [0.05, 0.1) is 17.2 Å². The summed E-state index contributed by atoms with van der Waals surface area (Å²) in [6.45, 7) is 0. The molecular weight excluding hydrogens is 460 g/mol. The Labute approximate surface area is 164 Å². The molecule has 0 spiro atoms. The Bertz CT molecular complexity index is 1440. The number of halogens is 2. The highest BCUT2D eigenvalue weighted by Crippen LogP contribution is 2.38. The van der Waals surface area contributed by atoms with Crippen LogP contribution >= 0.6 is 22.6 Å². The third-order valence-electron chi connectivity index (χ3n) is 4.70. The summed E-state index contributed by atoms with van der Waals surface area (Å²) < 4.78 is 15.0. The molecule has 0 radical (unpaired) electrons. The van der Waals surface area contributed by atoms with Crippen LogP contribution in [0.1, 0.15) is 0 Å². The van der Waals surface area contributed by atoms with Crippen LogP contribution in [0.4, 0.5) is 10.1 Å². The van der Waals surface area contributed by atoms with Crippen molar-refractivity contribution in [1.29, 1.82) is 0 Å². The monoisotopic (exact) mass is 471 g/mol. The van der Waals surface area contributed by atoms with E-state index in [-0.39, 0.29) is 11.2 Å². The van der Waals surface area contributed by atoms with Crippen molar-refractivity contribution >= 4 is 61.0 Å². The fraction of sp³-hybridized carbons (Fsp3) is 0. The number of aromatic amines is 2. The first-order chi connectivity index (χ1) is 13.1. The van der Waals surface area contributed by atoms with Crippen molar-refractivity contribution in [2.75, 3.05) is 5.73 Å². The average Bonchev–Trinajstić information content (AvgIpc) is 3.16. The molecule has 0 saturated heterocycles. The zero-order valence-corrected chi connectivity index (χ0v) is 15.8. The molecule has 3 aromatic heterocycles. The van der Waals surface area contributed by atoms with Crippen LogP contribution in [0.5, 0.6) is 0 Å². The molecule has 5 rings (SSSR count).